The molecule has 32 heavy (non-hydrogen) atoms. The number of likely N-dealkylation sites (tertiary alicyclic amines) is 1. The van der Waals surface area contributed by atoms with Gasteiger partial charge in [-0.2, -0.15) is 0 Å². The number of carbonyl (C=O) groups excluding carboxylic acids is 2. The Hall–Kier alpha value is -2.99. The first kappa shape index (κ1) is 22.2. The number of rotatable bonds is 7. The Labute approximate surface area is 192 Å². The van der Waals surface area contributed by atoms with Gasteiger partial charge < -0.3 is 10.2 Å². The standard InChI is InChI=1S/C26H27FN2O2S/c27-22-9-4-8-21(17-22)16-20-11-13-29(14-12-20)26(31)23(18-19-6-2-1-3-7-19)28-25(30)24-10-5-15-32-24/h1-10,15,17,20,23H,11-14,16,18H2,(H,28,30). The van der Waals surface area contributed by atoms with E-state index in [0.717, 1.165) is 30.4 Å². The molecule has 3 aromatic rings. The van der Waals surface area contributed by atoms with Crippen LogP contribution in [0, 0.1) is 11.7 Å². The van der Waals surface area contributed by atoms with Crippen molar-refractivity contribution in [1.82, 2.24) is 10.2 Å². The molecule has 0 aliphatic carbocycles. The van der Waals surface area contributed by atoms with Crippen molar-refractivity contribution in [1.29, 1.82) is 0 Å². The smallest absolute Gasteiger partial charge is 0.262 e. The van der Waals surface area contributed by atoms with Gasteiger partial charge >= 0.3 is 0 Å². The average Bonchev–Trinajstić information content (AvgIpc) is 3.35. The van der Waals surface area contributed by atoms with Gasteiger partial charge in [0.1, 0.15) is 11.9 Å². The highest BCUT2D eigenvalue weighted by Gasteiger charge is 2.30. The van der Waals surface area contributed by atoms with Gasteiger partial charge in [0, 0.05) is 19.5 Å². The molecule has 0 spiro atoms. The van der Waals surface area contributed by atoms with Gasteiger partial charge in [0.15, 0.2) is 0 Å². The third kappa shape index (κ3) is 5.82. The first-order valence-corrected chi connectivity index (χ1v) is 11.9. The predicted molar refractivity (Wildman–Crippen MR) is 125 cm³/mol. The van der Waals surface area contributed by atoms with Gasteiger partial charge in [-0.25, -0.2) is 4.39 Å². The van der Waals surface area contributed by atoms with E-state index in [9.17, 15) is 14.0 Å². The fraction of sp³-hybridized carbons (Fsp3) is 0.308. The fourth-order valence-electron chi connectivity index (χ4n) is 4.26. The zero-order chi connectivity index (χ0) is 22.3. The quantitative estimate of drug-likeness (QED) is 0.567. The zero-order valence-electron chi connectivity index (χ0n) is 17.9. The SMILES string of the molecule is O=C(NC(Cc1ccccc1)C(=O)N1CCC(Cc2cccc(F)c2)CC1)c1cccs1. The molecule has 1 aliphatic rings. The fourth-order valence-corrected chi connectivity index (χ4v) is 4.89. The number of amides is 2. The molecule has 0 radical (unpaired) electrons. The van der Waals surface area contributed by atoms with Crippen LogP contribution in [0.3, 0.4) is 0 Å². The number of thiophene rings is 1. The molecule has 1 N–H and O–H groups in total. The van der Waals surface area contributed by atoms with Gasteiger partial charge in [0.05, 0.1) is 4.88 Å². The van der Waals surface area contributed by atoms with E-state index in [1.54, 1.807) is 18.2 Å². The molecule has 1 aromatic heterocycles. The number of benzene rings is 2. The Balaban J connectivity index is 1.39. The first-order chi connectivity index (χ1) is 15.6. The van der Waals surface area contributed by atoms with E-state index in [1.165, 1.54) is 17.4 Å². The molecule has 4 nitrogen and oxygen atoms in total. The van der Waals surface area contributed by atoms with Crippen LogP contribution in [0.25, 0.3) is 0 Å². The summed E-state index contributed by atoms with van der Waals surface area (Å²) in [5.74, 6) is -0.0345. The normalized spacial score (nSPS) is 15.3. The summed E-state index contributed by atoms with van der Waals surface area (Å²) >= 11 is 1.37. The van der Waals surface area contributed by atoms with Gasteiger partial charge in [0.2, 0.25) is 5.91 Å². The average molecular weight is 451 g/mol. The van der Waals surface area contributed by atoms with Crippen LogP contribution in [-0.4, -0.2) is 35.8 Å². The van der Waals surface area contributed by atoms with Crippen LogP contribution in [0.1, 0.15) is 33.6 Å². The van der Waals surface area contributed by atoms with Gasteiger partial charge in [-0.3, -0.25) is 9.59 Å². The van der Waals surface area contributed by atoms with E-state index >= 15 is 0 Å². The van der Waals surface area contributed by atoms with E-state index in [-0.39, 0.29) is 17.6 Å². The molecule has 1 fully saturated rings. The second-order valence-corrected chi connectivity index (χ2v) is 9.24. The molecule has 1 saturated heterocycles. The van der Waals surface area contributed by atoms with Crippen LogP contribution < -0.4 is 5.32 Å². The van der Waals surface area contributed by atoms with E-state index < -0.39 is 6.04 Å². The Morgan fingerprint density at radius 2 is 1.75 bits per heavy atom. The van der Waals surface area contributed by atoms with Crippen LogP contribution >= 0.6 is 11.3 Å². The van der Waals surface area contributed by atoms with Crippen LogP contribution in [0.2, 0.25) is 0 Å². The van der Waals surface area contributed by atoms with Crippen molar-refractivity contribution in [3.63, 3.8) is 0 Å². The monoisotopic (exact) mass is 450 g/mol. The van der Waals surface area contributed by atoms with Crippen molar-refractivity contribution in [2.75, 3.05) is 13.1 Å². The summed E-state index contributed by atoms with van der Waals surface area (Å²) in [6.07, 6.45) is 3.03. The maximum atomic E-state index is 13.5. The lowest BCUT2D eigenvalue weighted by Gasteiger charge is -2.34. The highest BCUT2D eigenvalue weighted by atomic mass is 32.1. The van der Waals surface area contributed by atoms with E-state index in [2.05, 4.69) is 5.32 Å². The van der Waals surface area contributed by atoms with Crippen molar-refractivity contribution in [3.8, 4) is 0 Å². The number of nitrogens with zero attached hydrogens (tertiary/aromatic N) is 1. The van der Waals surface area contributed by atoms with E-state index in [0.29, 0.717) is 30.3 Å². The minimum absolute atomic E-state index is 0.0389. The lowest BCUT2D eigenvalue weighted by Crippen LogP contribution is -2.51. The third-order valence-electron chi connectivity index (χ3n) is 5.97. The molecule has 0 bridgehead atoms. The Bertz CT molecular complexity index is 1030. The number of piperidine rings is 1. The number of hydrogen-bond acceptors (Lipinski definition) is 3. The predicted octanol–water partition coefficient (Wildman–Crippen LogP) is 4.71. The van der Waals surface area contributed by atoms with Crippen molar-refractivity contribution in [2.45, 2.75) is 31.7 Å². The summed E-state index contributed by atoms with van der Waals surface area (Å²) in [5.41, 5.74) is 2.01. The number of halogens is 1. The third-order valence-corrected chi connectivity index (χ3v) is 6.84. The second kappa shape index (κ2) is 10.6. The minimum atomic E-state index is -0.605. The maximum Gasteiger partial charge on any atom is 0.262 e. The molecule has 2 amide bonds. The van der Waals surface area contributed by atoms with Gasteiger partial charge in [-0.1, -0.05) is 48.5 Å². The van der Waals surface area contributed by atoms with Crippen LogP contribution in [0.4, 0.5) is 4.39 Å². The molecular weight excluding hydrogens is 423 g/mol. The topological polar surface area (TPSA) is 49.4 Å². The molecule has 4 rings (SSSR count). The van der Waals surface area contributed by atoms with Crippen LogP contribution in [0.15, 0.2) is 72.1 Å². The van der Waals surface area contributed by atoms with E-state index in [1.807, 2.05) is 52.7 Å². The van der Waals surface area contributed by atoms with Crippen LogP contribution in [-0.2, 0) is 17.6 Å². The summed E-state index contributed by atoms with van der Waals surface area (Å²) in [6, 6.07) is 19.5. The Morgan fingerprint density at radius 3 is 2.44 bits per heavy atom. The van der Waals surface area contributed by atoms with Gasteiger partial charge in [0.25, 0.3) is 5.91 Å². The summed E-state index contributed by atoms with van der Waals surface area (Å²) in [6.45, 7) is 1.30. The largest absolute Gasteiger partial charge is 0.341 e. The van der Waals surface area contributed by atoms with Crippen molar-refractivity contribution >= 4 is 23.2 Å². The highest BCUT2D eigenvalue weighted by Crippen LogP contribution is 2.23. The minimum Gasteiger partial charge on any atom is -0.341 e. The molecule has 2 aromatic carbocycles. The molecular formula is C26H27FN2O2S. The number of nitrogens with one attached hydrogen (secondary N) is 1. The maximum absolute atomic E-state index is 13.5. The number of carbonyl (C=O) groups is 2. The first-order valence-electron chi connectivity index (χ1n) is 11.0. The lowest BCUT2D eigenvalue weighted by molar-refractivity contribution is -0.134. The molecule has 0 saturated carbocycles. The van der Waals surface area contributed by atoms with Gasteiger partial charge in [-0.15, -0.1) is 11.3 Å². The lowest BCUT2D eigenvalue weighted by atomic mass is 9.89. The summed E-state index contributed by atoms with van der Waals surface area (Å²) in [4.78, 5) is 28.5. The molecule has 166 valence electrons. The van der Waals surface area contributed by atoms with Crippen molar-refractivity contribution in [2.24, 2.45) is 5.92 Å². The molecule has 2 heterocycles. The summed E-state index contributed by atoms with van der Waals surface area (Å²) < 4.78 is 13.5. The molecule has 1 unspecified atom stereocenters. The Kier molecular flexibility index (Phi) is 7.32. The van der Waals surface area contributed by atoms with Crippen molar-refractivity contribution in [3.05, 3.63) is 93.9 Å². The van der Waals surface area contributed by atoms with Gasteiger partial charge in [-0.05, 0) is 59.9 Å². The molecule has 1 atom stereocenters. The Morgan fingerprint density at radius 1 is 1.00 bits per heavy atom. The van der Waals surface area contributed by atoms with Crippen LogP contribution in [0.5, 0.6) is 0 Å². The molecule has 6 heteroatoms. The van der Waals surface area contributed by atoms with Crippen molar-refractivity contribution < 1.29 is 14.0 Å². The summed E-state index contributed by atoms with van der Waals surface area (Å²) in [5, 5.41) is 4.81. The summed E-state index contributed by atoms with van der Waals surface area (Å²) in [7, 11) is 0. The highest BCUT2D eigenvalue weighted by molar-refractivity contribution is 7.12. The second-order valence-electron chi connectivity index (χ2n) is 8.30. The number of hydrogen-bond donors (Lipinski definition) is 1. The molecule has 1 aliphatic heterocycles. The zero-order valence-corrected chi connectivity index (χ0v) is 18.7. The van der Waals surface area contributed by atoms with E-state index in [4.69, 9.17) is 0 Å².